The quantitative estimate of drug-likeness (QED) is 0.561. The van der Waals surface area contributed by atoms with Gasteiger partial charge in [-0.05, 0) is 43.7 Å². The summed E-state index contributed by atoms with van der Waals surface area (Å²) in [5, 5.41) is 13.5. The highest BCUT2D eigenvalue weighted by Gasteiger charge is 2.17. The highest BCUT2D eigenvalue weighted by molar-refractivity contribution is 6.06. The molecule has 7 nitrogen and oxygen atoms in total. The number of aryl methyl sites for hydroxylation is 2. The number of carbonyl (C=O) groups is 1. The van der Waals surface area contributed by atoms with Crippen LogP contribution in [0.25, 0.3) is 10.9 Å². The third kappa shape index (κ3) is 3.41. The number of benzene rings is 2. The van der Waals surface area contributed by atoms with Crippen LogP contribution in [0.15, 0.2) is 47.4 Å². The summed E-state index contributed by atoms with van der Waals surface area (Å²) in [6, 6.07) is 7.87. The molecule has 0 bridgehead atoms. The molecule has 0 aliphatic rings. The highest BCUT2D eigenvalue weighted by Crippen LogP contribution is 2.22. The number of aromatic nitrogens is 1. The van der Waals surface area contributed by atoms with Crippen LogP contribution in [-0.2, 0) is 6.54 Å². The molecule has 0 unspecified atom stereocenters. The van der Waals surface area contributed by atoms with Crippen LogP contribution in [0, 0.1) is 22.9 Å². The second kappa shape index (κ2) is 6.99. The molecule has 3 aromatic rings. The summed E-state index contributed by atoms with van der Waals surface area (Å²) in [6.07, 6.45) is 1.43. The third-order valence-electron chi connectivity index (χ3n) is 4.30. The summed E-state index contributed by atoms with van der Waals surface area (Å²) in [4.78, 5) is 35.6. The third-order valence-corrected chi connectivity index (χ3v) is 4.30. The highest BCUT2D eigenvalue weighted by atomic mass is 19.1. The summed E-state index contributed by atoms with van der Waals surface area (Å²) >= 11 is 0. The molecular weight excluding hydrogens is 353 g/mol. The van der Waals surface area contributed by atoms with E-state index in [1.165, 1.54) is 36.5 Å². The maximum absolute atomic E-state index is 13.6. The van der Waals surface area contributed by atoms with Crippen molar-refractivity contribution in [3.8, 4) is 0 Å². The maximum Gasteiger partial charge on any atom is 0.269 e. The molecule has 0 atom stereocenters. The van der Waals surface area contributed by atoms with Gasteiger partial charge in [-0.1, -0.05) is 0 Å². The van der Waals surface area contributed by atoms with E-state index in [1.54, 1.807) is 11.5 Å². The van der Waals surface area contributed by atoms with Gasteiger partial charge in [0.1, 0.15) is 11.4 Å². The Morgan fingerprint density at radius 1 is 1.26 bits per heavy atom. The number of fused-ring (bicyclic) bond motifs is 1. The summed E-state index contributed by atoms with van der Waals surface area (Å²) in [5.41, 5.74) is 0.568. The average Bonchev–Trinajstić information content (AvgIpc) is 2.63. The lowest BCUT2D eigenvalue weighted by Gasteiger charge is -2.12. The van der Waals surface area contributed by atoms with E-state index in [1.807, 2.05) is 6.92 Å². The van der Waals surface area contributed by atoms with Gasteiger partial charge in [-0.3, -0.25) is 19.7 Å². The van der Waals surface area contributed by atoms with Crippen LogP contribution >= 0.6 is 0 Å². The van der Waals surface area contributed by atoms with Crippen LogP contribution in [0.1, 0.15) is 22.8 Å². The molecule has 0 saturated carbocycles. The molecule has 1 N–H and O–H groups in total. The Labute approximate surface area is 153 Å². The number of amides is 1. The Kier molecular flexibility index (Phi) is 4.72. The molecule has 0 spiro atoms. The summed E-state index contributed by atoms with van der Waals surface area (Å²) in [5.74, 6) is -1.23. The normalized spacial score (nSPS) is 10.8. The van der Waals surface area contributed by atoms with Gasteiger partial charge in [-0.25, -0.2) is 4.39 Å². The van der Waals surface area contributed by atoms with E-state index in [0.29, 0.717) is 23.3 Å². The predicted molar refractivity (Wildman–Crippen MR) is 99.6 cm³/mol. The van der Waals surface area contributed by atoms with Gasteiger partial charge in [0, 0.05) is 35.9 Å². The number of hydrogen-bond acceptors (Lipinski definition) is 4. The summed E-state index contributed by atoms with van der Waals surface area (Å²) < 4.78 is 15.3. The minimum Gasteiger partial charge on any atom is -0.347 e. The van der Waals surface area contributed by atoms with Crippen LogP contribution in [0.5, 0.6) is 0 Å². The number of hydrogen-bond donors (Lipinski definition) is 1. The number of anilines is 1. The Morgan fingerprint density at radius 3 is 2.63 bits per heavy atom. The van der Waals surface area contributed by atoms with E-state index >= 15 is 0 Å². The smallest absolute Gasteiger partial charge is 0.269 e. The monoisotopic (exact) mass is 369 g/mol. The van der Waals surface area contributed by atoms with Gasteiger partial charge in [0.15, 0.2) is 0 Å². The number of halogens is 1. The minimum atomic E-state index is -0.662. The van der Waals surface area contributed by atoms with E-state index in [2.05, 4.69) is 5.32 Å². The fraction of sp³-hybridized carbons (Fsp3) is 0.158. The van der Waals surface area contributed by atoms with Crippen LogP contribution in [0.4, 0.5) is 15.8 Å². The van der Waals surface area contributed by atoms with Gasteiger partial charge in [0.25, 0.3) is 11.6 Å². The van der Waals surface area contributed by atoms with Crippen molar-refractivity contribution in [3.63, 3.8) is 0 Å². The second-order valence-electron chi connectivity index (χ2n) is 6.03. The van der Waals surface area contributed by atoms with Gasteiger partial charge in [0.2, 0.25) is 5.43 Å². The zero-order valence-corrected chi connectivity index (χ0v) is 14.7. The van der Waals surface area contributed by atoms with E-state index in [0.717, 1.165) is 6.07 Å². The van der Waals surface area contributed by atoms with Gasteiger partial charge in [-0.15, -0.1) is 0 Å². The first kappa shape index (κ1) is 18.2. The summed E-state index contributed by atoms with van der Waals surface area (Å²) in [7, 11) is 0. The van der Waals surface area contributed by atoms with Crippen molar-refractivity contribution >= 4 is 28.2 Å². The molecule has 0 saturated heterocycles. The molecule has 27 heavy (non-hydrogen) atoms. The predicted octanol–water partition coefficient (Wildman–Crippen LogP) is 3.63. The van der Waals surface area contributed by atoms with E-state index in [9.17, 15) is 24.1 Å². The molecular formula is C19H16FN3O4. The molecule has 0 aliphatic heterocycles. The average molecular weight is 369 g/mol. The lowest BCUT2D eigenvalue weighted by atomic mass is 10.1. The molecule has 1 heterocycles. The van der Waals surface area contributed by atoms with Crippen molar-refractivity contribution in [1.29, 1.82) is 0 Å². The maximum atomic E-state index is 13.6. The van der Waals surface area contributed by atoms with E-state index < -0.39 is 22.1 Å². The zero-order chi connectivity index (χ0) is 19.7. The van der Waals surface area contributed by atoms with Crippen molar-refractivity contribution in [1.82, 2.24) is 4.57 Å². The number of pyridine rings is 1. The van der Waals surface area contributed by atoms with Crippen molar-refractivity contribution in [2.45, 2.75) is 20.4 Å². The van der Waals surface area contributed by atoms with Crippen molar-refractivity contribution in [2.75, 3.05) is 5.32 Å². The Hall–Kier alpha value is -3.55. The minimum absolute atomic E-state index is 0.0972. The van der Waals surface area contributed by atoms with Crippen molar-refractivity contribution < 1.29 is 14.1 Å². The standard InChI is InChI=1S/C19H16FN3O4/c1-3-22-10-15(18(24)14-9-12(20)4-7-17(14)22)19(25)21-16-6-5-13(23(26)27)8-11(16)2/h4-10H,3H2,1-2H3,(H,21,25). The van der Waals surface area contributed by atoms with E-state index in [-0.39, 0.29) is 16.6 Å². The first-order valence-electron chi connectivity index (χ1n) is 8.21. The molecule has 0 aliphatic carbocycles. The van der Waals surface area contributed by atoms with E-state index in [4.69, 9.17) is 0 Å². The number of nitrogens with zero attached hydrogens (tertiary/aromatic N) is 2. The zero-order valence-electron chi connectivity index (χ0n) is 14.7. The Bertz CT molecular complexity index is 1140. The first-order chi connectivity index (χ1) is 12.8. The van der Waals surface area contributed by atoms with Crippen LogP contribution in [0.2, 0.25) is 0 Å². The molecule has 3 rings (SSSR count). The molecule has 8 heteroatoms. The number of non-ortho nitro benzene ring substituents is 1. The van der Waals surface area contributed by atoms with Crippen molar-refractivity contribution in [2.24, 2.45) is 0 Å². The lowest BCUT2D eigenvalue weighted by Crippen LogP contribution is -2.24. The van der Waals surface area contributed by atoms with Gasteiger partial charge < -0.3 is 9.88 Å². The largest absolute Gasteiger partial charge is 0.347 e. The second-order valence-corrected chi connectivity index (χ2v) is 6.03. The summed E-state index contributed by atoms with van der Waals surface area (Å²) in [6.45, 7) is 3.94. The van der Waals surface area contributed by atoms with Crippen LogP contribution in [0.3, 0.4) is 0 Å². The molecule has 1 aromatic heterocycles. The fourth-order valence-electron chi connectivity index (χ4n) is 2.88. The Balaban J connectivity index is 2.05. The van der Waals surface area contributed by atoms with Crippen LogP contribution < -0.4 is 10.7 Å². The molecule has 0 fully saturated rings. The van der Waals surface area contributed by atoms with Gasteiger partial charge >= 0.3 is 0 Å². The number of nitro benzene ring substituents is 1. The molecule has 2 aromatic carbocycles. The number of rotatable bonds is 4. The first-order valence-corrected chi connectivity index (χ1v) is 8.21. The fourth-order valence-corrected chi connectivity index (χ4v) is 2.88. The van der Waals surface area contributed by atoms with Crippen LogP contribution in [-0.4, -0.2) is 15.4 Å². The van der Waals surface area contributed by atoms with Crippen molar-refractivity contribution in [3.05, 3.63) is 79.9 Å². The number of nitrogens with one attached hydrogen (secondary N) is 1. The number of carbonyl (C=O) groups excluding carboxylic acids is 1. The topological polar surface area (TPSA) is 94.2 Å². The van der Waals surface area contributed by atoms with Gasteiger partial charge in [-0.2, -0.15) is 0 Å². The lowest BCUT2D eigenvalue weighted by molar-refractivity contribution is -0.384. The molecule has 138 valence electrons. The van der Waals surface area contributed by atoms with Gasteiger partial charge in [0.05, 0.1) is 10.4 Å². The molecule has 0 radical (unpaired) electrons. The number of nitro groups is 1. The molecule has 1 amide bonds. The Morgan fingerprint density at radius 2 is 2.00 bits per heavy atom. The SMILES string of the molecule is CCn1cc(C(=O)Nc2ccc([N+](=O)[O-])cc2C)c(=O)c2cc(F)ccc21.